The molecule has 1 heteroatoms. The van der Waals surface area contributed by atoms with Crippen LogP contribution < -0.4 is 0 Å². The molecule has 16 heavy (non-hydrogen) atoms. The second-order valence-electron chi connectivity index (χ2n) is 4.79. The van der Waals surface area contributed by atoms with Crippen molar-refractivity contribution in [1.29, 1.82) is 0 Å². The average Bonchev–Trinajstić information content (AvgIpc) is 2.30. The van der Waals surface area contributed by atoms with E-state index in [4.69, 9.17) is 4.74 Å². The van der Waals surface area contributed by atoms with E-state index in [1.54, 1.807) is 11.1 Å². The molecule has 1 atom stereocenters. The zero-order chi connectivity index (χ0) is 10.8. The van der Waals surface area contributed by atoms with Crippen molar-refractivity contribution in [2.45, 2.75) is 38.2 Å². The third-order valence-corrected chi connectivity index (χ3v) is 3.74. The molecule has 2 aliphatic rings. The highest BCUT2D eigenvalue weighted by atomic mass is 16.5. The van der Waals surface area contributed by atoms with Crippen molar-refractivity contribution in [3.8, 4) is 0 Å². The van der Waals surface area contributed by atoms with Gasteiger partial charge in [-0.05, 0) is 36.8 Å². The summed E-state index contributed by atoms with van der Waals surface area (Å²) in [6.07, 6.45) is 7.05. The standard InChI is InChI=1S/C15H18O/c1-3-7-12(8-4-1)14-11-16-15(14)13-9-5-2-6-10-13/h2,5-6,9-10,15H,1,3-4,7-8,11H2/t15-/m1/s1. The van der Waals surface area contributed by atoms with Crippen molar-refractivity contribution < 1.29 is 4.74 Å². The second-order valence-corrected chi connectivity index (χ2v) is 4.79. The Labute approximate surface area is 97.1 Å². The summed E-state index contributed by atoms with van der Waals surface area (Å²) in [6.45, 7) is 0.870. The first-order valence-corrected chi connectivity index (χ1v) is 6.32. The highest BCUT2D eigenvalue weighted by molar-refractivity contribution is 5.34. The summed E-state index contributed by atoms with van der Waals surface area (Å²) < 4.78 is 5.72. The van der Waals surface area contributed by atoms with E-state index < -0.39 is 0 Å². The first-order chi connectivity index (χ1) is 7.95. The van der Waals surface area contributed by atoms with E-state index in [1.165, 1.54) is 37.7 Å². The summed E-state index contributed by atoms with van der Waals surface area (Å²) in [4.78, 5) is 0. The minimum atomic E-state index is 0.272. The molecule has 0 bridgehead atoms. The van der Waals surface area contributed by atoms with Gasteiger partial charge in [-0.25, -0.2) is 0 Å². The van der Waals surface area contributed by atoms with Gasteiger partial charge in [-0.15, -0.1) is 0 Å². The fourth-order valence-corrected chi connectivity index (χ4v) is 2.76. The van der Waals surface area contributed by atoms with E-state index in [1.807, 2.05) is 0 Å². The van der Waals surface area contributed by atoms with Gasteiger partial charge in [-0.3, -0.25) is 0 Å². The molecular formula is C15H18O. The topological polar surface area (TPSA) is 9.23 Å². The van der Waals surface area contributed by atoms with Crippen LogP contribution in [-0.2, 0) is 4.74 Å². The van der Waals surface area contributed by atoms with Crippen LogP contribution in [0.15, 0.2) is 41.5 Å². The van der Waals surface area contributed by atoms with Gasteiger partial charge in [0.15, 0.2) is 0 Å². The summed E-state index contributed by atoms with van der Waals surface area (Å²) in [7, 11) is 0. The van der Waals surface area contributed by atoms with Crippen LogP contribution in [-0.4, -0.2) is 6.61 Å². The van der Waals surface area contributed by atoms with Crippen LogP contribution in [0.25, 0.3) is 0 Å². The summed E-state index contributed by atoms with van der Waals surface area (Å²) in [6, 6.07) is 10.6. The zero-order valence-electron chi connectivity index (χ0n) is 9.61. The molecule has 1 saturated carbocycles. The predicted octanol–water partition coefficient (Wildman–Crippen LogP) is 4.02. The molecule has 0 amide bonds. The van der Waals surface area contributed by atoms with Crippen LogP contribution in [0, 0.1) is 0 Å². The summed E-state index contributed by atoms with van der Waals surface area (Å²) in [5.41, 5.74) is 4.58. The molecule has 1 saturated heterocycles. The molecule has 1 aromatic carbocycles. The van der Waals surface area contributed by atoms with Crippen molar-refractivity contribution in [3.05, 3.63) is 47.0 Å². The maximum atomic E-state index is 5.72. The maximum absolute atomic E-state index is 5.72. The van der Waals surface area contributed by atoms with Gasteiger partial charge in [0.2, 0.25) is 0 Å². The molecule has 1 aliphatic heterocycles. The second kappa shape index (κ2) is 4.42. The van der Waals surface area contributed by atoms with Crippen molar-refractivity contribution in [3.63, 3.8) is 0 Å². The minimum Gasteiger partial charge on any atom is -0.365 e. The van der Waals surface area contributed by atoms with Gasteiger partial charge in [0.1, 0.15) is 6.10 Å². The van der Waals surface area contributed by atoms with E-state index in [0.717, 1.165) is 6.61 Å². The molecule has 0 unspecified atom stereocenters. The predicted molar refractivity (Wildman–Crippen MR) is 65.2 cm³/mol. The Kier molecular flexibility index (Phi) is 2.79. The highest BCUT2D eigenvalue weighted by Crippen LogP contribution is 2.40. The normalized spacial score (nSPS) is 25.4. The quantitative estimate of drug-likeness (QED) is 0.642. The Morgan fingerprint density at radius 1 is 0.938 bits per heavy atom. The molecular weight excluding hydrogens is 196 g/mol. The monoisotopic (exact) mass is 214 g/mol. The third kappa shape index (κ3) is 1.80. The Balaban J connectivity index is 1.83. The SMILES string of the molecule is c1ccc([C@H]2OCC2=C2CCCCC2)cc1. The van der Waals surface area contributed by atoms with Crippen molar-refractivity contribution >= 4 is 0 Å². The maximum Gasteiger partial charge on any atom is 0.106 e. The van der Waals surface area contributed by atoms with Gasteiger partial charge < -0.3 is 4.74 Å². The highest BCUT2D eigenvalue weighted by Gasteiger charge is 2.29. The Hall–Kier alpha value is -1.08. The molecule has 0 N–H and O–H groups in total. The number of hydrogen-bond acceptors (Lipinski definition) is 1. The number of allylic oxidation sites excluding steroid dienone is 1. The average molecular weight is 214 g/mol. The van der Waals surface area contributed by atoms with Crippen LogP contribution >= 0.6 is 0 Å². The van der Waals surface area contributed by atoms with E-state index in [2.05, 4.69) is 30.3 Å². The van der Waals surface area contributed by atoms with Crippen LogP contribution in [0.1, 0.15) is 43.8 Å². The molecule has 0 radical (unpaired) electrons. The van der Waals surface area contributed by atoms with E-state index >= 15 is 0 Å². The zero-order valence-corrected chi connectivity index (χ0v) is 9.61. The minimum absolute atomic E-state index is 0.272. The Bertz CT molecular complexity index is 383. The summed E-state index contributed by atoms with van der Waals surface area (Å²) >= 11 is 0. The van der Waals surface area contributed by atoms with Crippen LogP contribution in [0.2, 0.25) is 0 Å². The van der Waals surface area contributed by atoms with Gasteiger partial charge in [0.05, 0.1) is 6.61 Å². The van der Waals surface area contributed by atoms with Crippen molar-refractivity contribution in [2.75, 3.05) is 6.61 Å². The van der Waals surface area contributed by atoms with Gasteiger partial charge in [-0.1, -0.05) is 42.3 Å². The fourth-order valence-electron chi connectivity index (χ4n) is 2.76. The number of benzene rings is 1. The molecule has 0 spiro atoms. The molecule has 3 rings (SSSR count). The lowest BCUT2D eigenvalue weighted by molar-refractivity contribution is 0.0120. The lowest BCUT2D eigenvalue weighted by Crippen LogP contribution is -2.25. The fraction of sp³-hybridized carbons (Fsp3) is 0.467. The number of hydrogen-bond donors (Lipinski definition) is 0. The van der Waals surface area contributed by atoms with Crippen molar-refractivity contribution in [1.82, 2.24) is 0 Å². The smallest absolute Gasteiger partial charge is 0.106 e. The van der Waals surface area contributed by atoms with Gasteiger partial charge in [0, 0.05) is 0 Å². The summed E-state index contributed by atoms with van der Waals surface area (Å²) in [5.74, 6) is 0. The summed E-state index contributed by atoms with van der Waals surface area (Å²) in [5, 5.41) is 0. The van der Waals surface area contributed by atoms with Crippen LogP contribution in [0.4, 0.5) is 0 Å². The lowest BCUT2D eigenvalue weighted by Gasteiger charge is -2.34. The number of ether oxygens (including phenoxy) is 1. The first-order valence-electron chi connectivity index (χ1n) is 6.32. The van der Waals surface area contributed by atoms with Gasteiger partial charge in [0.25, 0.3) is 0 Å². The molecule has 1 aromatic rings. The Morgan fingerprint density at radius 3 is 2.31 bits per heavy atom. The molecule has 0 aromatic heterocycles. The third-order valence-electron chi connectivity index (χ3n) is 3.74. The lowest BCUT2D eigenvalue weighted by atomic mass is 9.85. The molecule has 1 heterocycles. The Morgan fingerprint density at radius 2 is 1.69 bits per heavy atom. The van der Waals surface area contributed by atoms with Gasteiger partial charge in [-0.2, -0.15) is 0 Å². The number of rotatable bonds is 1. The molecule has 2 fully saturated rings. The van der Waals surface area contributed by atoms with E-state index in [-0.39, 0.29) is 6.10 Å². The molecule has 1 aliphatic carbocycles. The van der Waals surface area contributed by atoms with E-state index in [9.17, 15) is 0 Å². The van der Waals surface area contributed by atoms with Gasteiger partial charge >= 0.3 is 0 Å². The van der Waals surface area contributed by atoms with Crippen LogP contribution in [0.3, 0.4) is 0 Å². The molecule has 84 valence electrons. The largest absolute Gasteiger partial charge is 0.365 e. The van der Waals surface area contributed by atoms with Crippen molar-refractivity contribution in [2.24, 2.45) is 0 Å². The first kappa shape index (κ1) is 10.1. The molecule has 1 nitrogen and oxygen atoms in total. The van der Waals surface area contributed by atoms with Crippen LogP contribution in [0.5, 0.6) is 0 Å². The van der Waals surface area contributed by atoms with E-state index in [0.29, 0.717) is 0 Å².